The minimum atomic E-state index is -0.547. The van der Waals surface area contributed by atoms with Crippen molar-refractivity contribution in [1.29, 1.82) is 0 Å². The van der Waals surface area contributed by atoms with Crippen LogP contribution in [-0.2, 0) is 9.53 Å². The van der Waals surface area contributed by atoms with E-state index in [4.69, 9.17) is 4.74 Å². The molecule has 106 valence electrons. The fraction of sp³-hybridized carbons (Fsp3) is 0.375. The van der Waals surface area contributed by atoms with Gasteiger partial charge in [-0.15, -0.1) is 6.58 Å². The molecule has 1 aliphatic heterocycles. The van der Waals surface area contributed by atoms with Gasteiger partial charge in [0.25, 0.3) is 0 Å². The number of imide groups is 1. The van der Waals surface area contributed by atoms with Crippen LogP contribution in [0.3, 0.4) is 0 Å². The molecule has 2 amide bonds. The minimum absolute atomic E-state index is 0.178. The predicted molar refractivity (Wildman–Crippen MR) is 76.0 cm³/mol. The number of benzene rings is 1. The summed E-state index contributed by atoms with van der Waals surface area (Å²) in [6.07, 6.45) is 2.68. The highest BCUT2D eigenvalue weighted by atomic mass is 16.6. The normalized spacial score (nSPS) is 19.6. The highest BCUT2D eigenvalue weighted by Crippen LogP contribution is 2.29. The summed E-state index contributed by atoms with van der Waals surface area (Å²) in [6, 6.07) is 9.18. The molecule has 4 nitrogen and oxygen atoms in total. The largest absolute Gasteiger partial charge is 0.446 e. The van der Waals surface area contributed by atoms with E-state index in [0.29, 0.717) is 6.42 Å². The molecule has 0 unspecified atom stereocenters. The number of rotatable bonds is 5. The van der Waals surface area contributed by atoms with Crippen molar-refractivity contribution < 1.29 is 14.3 Å². The molecule has 0 radical (unpaired) electrons. The molecule has 0 saturated carbocycles. The van der Waals surface area contributed by atoms with Crippen molar-refractivity contribution >= 4 is 12.0 Å². The SMILES string of the molecule is C=CCC[C@H](C)C(=O)N1C(=O)OC[C@@H]1c1ccccc1. The summed E-state index contributed by atoms with van der Waals surface area (Å²) in [6.45, 7) is 5.71. The number of cyclic esters (lactones) is 1. The molecule has 0 bridgehead atoms. The van der Waals surface area contributed by atoms with Gasteiger partial charge in [-0.1, -0.05) is 43.3 Å². The third kappa shape index (κ3) is 2.90. The predicted octanol–water partition coefficient (Wildman–Crippen LogP) is 3.31. The number of ether oxygens (including phenoxy) is 1. The van der Waals surface area contributed by atoms with E-state index in [1.807, 2.05) is 37.3 Å². The van der Waals surface area contributed by atoms with E-state index in [-0.39, 0.29) is 24.5 Å². The Labute approximate surface area is 119 Å². The van der Waals surface area contributed by atoms with Crippen molar-refractivity contribution in [3.05, 3.63) is 48.6 Å². The fourth-order valence-electron chi connectivity index (χ4n) is 2.31. The molecule has 1 fully saturated rings. The Kier molecular flexibility index (Phi) is 4.56. The molecule has 0 aromatic heterocycles. The van der Waals surface area contributed by atoms with Crippen molar-refractivity contribution in [2.75, 3.05) is 6.61 Å². The summed E-state index contributed by atoms with van der Waals surface area (Å²) in [7, 11) is 0. The highest BCUT2D eigenvalue weighted by Gasteiger charge is 2.40. The van der Waals surface area contributed by atoms with Crippen molar-refractivity contribution in [1.82, 2.24) is 4.90 Å². The van der Waals surface area contributed by atoms with Crippen molar-refractivity contribution in [2.24, 2.45) is 5.92 Å². The molecule has 0 aliphatic carbocycles. The second-order valence-electron chi connectivity index (χ2n) is 4.98. The van der Waals surface area contributed by atoms with Crippen LogP contribution >= 0.6 is 0 Å². The first-order valence-electron chi connectivity index (χ1n) is 6.80. The Morgan fingerprint density at radius 3 is 2.85 bits per heavy atom. The van der Waals surface area contributed by atoms with E-state index in [0.717, 1.165) is 12.0 Å². The molecule has 1 aliphatic rings. The first kappa shape index (κ1) is 14.3. The number of nitrogens with zero attached hydrogens (tertiary/aromatic N) is 1. The second-order valence-corrected chi connectivity index (χ2v) is 4.98. The van der Waals surface area contributed by atoms with Gasteiger partial charge in [-0.3, -0.25) is 4.79 Å². The van der Waals surface area contributed by atoms with E-state index < -0.39 is 6.09 Å². The van der Waals surface area contributed by atoms with Gasteiger partial charge in [-0.05, 0) is 18.4 Å². The Hall–Kier alpha value is -2.10. The number of carbonyl (C=O) groups is 2. The van der Waals surface area contributed by atoms with Crippen LogP contribution in [0.4, 0.5) is 4.79 Å². The molecule has 1 heterocycles. The lowest BCUT2D eigenvalue weighted by atomic mass is 10.0. The topological polar surface area (TPSA) is 46.6 Å². The maximum atomic E-state index is 12.4. The third-order valence-corrected chi connectivity index (χ3v) is 3.52. The number of amides is 2. The summed E-state index contributed by atoms with van der Waals surface area (Å²) in [5.41, 5.74) is 0.919. The van der Waals surface area contributed by atoms with Gasteiger partial charge < -0.3 is 4.74 Å². The molecule has 0 N–H and O–H groups in total. The van der Waals surface area contributed by atoms with Gasteiger partial charge >= 0.3 is 6.09 Å². The lowest BCUT2D eigenvalue weighted by Gasteiger charge is -2.23. The van der Waals surface area contributed by atoms with Crippen LogP contribution in [-0.4, -0.2) is 23.5 Å². The molecule has 1 aromatic rings. The van der Waals surface area contributed by atoms with E-state index in [1.165, 1.54) is 4.90 Å². The van der Waals surface area contributed by atoms with Crippen LogP contribution in [0.5, 0.6) is 0 Å². The first-order chi connectivity index (χ1) is 9.65. The Morgan fingerprint density at radius 1 is 1.50 bits per heavy atom. The minimum Gasteiger partial charge on any atom is -0.446 e. The van der Waals surface area contributed by atoms with Crippen LogP contribution in [0.1, 0.15) is 31.4 Å². The zero-order valence-corrected chi connectivity index (χ0v) is 11.6. The van der Waals surface area contributed by atoms with Crippen LogP contribution in [0.15, 0.2) is 43.0 Å². The quantitative estimate of drug-likeness (QED) is 0.773. The van der Waals surface area contributed by atoms with Crippen molar-refractivity contribution in [3.63, 3.8) is 0 Å². The molecular formula is C16H19NO3. The van der Waals surface area contributed by atoms with Crippen LogP contribution in [0.25, 0.3) is 0 Å². The summed E-state index contributed by atoms with van der Waals surface area (Å²) < 4.78 is 5.05. The van der Waals surface area contributed by atoms with E-state index >= 15 is 0 Å². The molecule has 1 aromatic carbocycles. The summed E-state index contributed by atoms with van der Waals surface area (Å²) in [5, 5.41) is 0. The Bertz CT molecular complexity index is 498. The molecule has 20 heavy (non-hydrogen) atoms. The van der Waals surface area contributed by atoms with E-state index in [1.54, 1.807) is 6.08 Å². The average molecular weight is 273 g/mol. The number of hydrogen-bond donors (Lipinski definition) is 0. The maximum Gasteiger partial charge on any atom is 0.417 e. The van der Waals surface area contributed by atoms with Crippen LogP contribution < -0.4 is 0 Å². The Balaban J connectivity index is 2.16. The number of allylic oxidation sites excluding steroid dienone is 1. The van der Waals surface area contributed by atoms with E-state index in [9.17, 15) is 9.59 Å². The second kappa shape index (κ2) is 6.37. The lowest BCUT2D eigenvalue weighted by Crippen LogP contribution is -2.37. The van der Waals surface area contributed by atoms with Gasteiger partial charge in [0, 0.05) is 5.92 Å². The number of carbonyl (C=O) groups excluding carboxylic acids is 2. The summed E-state index contributed by atoms with van der Waals surface area (Å²) in [4.78, 5) is 25.5. The monoisotopic (exact) mass is 273 g/mol. The molecule has 1 saturated heterocycles. The van der Waals surface area contributed by atoms with Gasteiger partial charge in [0.1, 0.15) is 12.6 Å². The van der Waals surface area contributed by atoms with Crippen LogP contribution in [0.2, 0.25) is 0 Å². The highest BCUT2D eigenvalue weighted by molar-refractivity contribution is 5.94. The molecule has 4 heteroatoms. The Morgan fingerprint density at radius 2 is 2.20 bits per heavy atom. The third-order valence-electron chi connectivity index (χ3n) is 3.52. The van der Waals surface area contributed by atoms with Gasteiger partial charge in [-0.25, -0.2) is 9.69 Å². The fourth-order valence-corrected chi connectivity index (χ4v) is 2.31. The molecule has 2 rings (SSSR count). The van der Waals surface area contributed by atoms with Crippen molar-refractivity contribution in [3.8, 4) is 0 Å². The molecular weight excluding hydrogens is 254 g/mol. The molecule has 2 atom stereocenters. The van der Waals surface area contributed by atoms with Gasteiger partial charge in [0.2, 0.25) is 5.91 Å². The van der Waals surface area contributed by atoms with Crippen molar-refractivity contribution in [2.45, 2.75) is 25.8 Å². The lowest BCUT2D eigenvalue weighted by molar-refractivity contribution is -0.133. The maximum absolute atomic E-state index is 12.4. The zero-order chi connectivity index (χ0) is 14.5. The van der Waals surface area contributed by atoms with Gasteiger partial charge in [-0.2, -0.15) is 0 Å². The summed E-state index contributed by atoms with van der Waals surface area (Å²) in [5.74, 6) is -0.395. The number of hydrogen-bond acceptors (Lipinski definition) is 3. The van der Waals surface area contributed by atoms with Gasteiger partial charge in [0.15, 0.2) is 0 Å². The van der Waals surface area contributed by atoms with Crippen LogP contribution in [0, 0.1) is 5.92 Å². The van der Waals surface area contributed by atoms with E-state index in [2.05, 4.69) is 6.58 Å². The van der Waals surface area contributed by atoms with Gasteiger partial charge in [0.05, 0.1) is 0 Å². The first-order valence-corrected chi connectivity index (χ1v) is 6.80. The summed E-state index contributed by atoms with van der Waals surface area (Å²) >= 11 is 0. The molecule has 0 spiro atoms. The zero-order valence-electron chi connectivity index (χ0n) is 11.6. The smallest absolute Gasteiger partial charge is 0.417 e. The standard InChI is InChI=1S/C16H19NO3/c1-3-4-8-12(2)15(18)17-14(11-20-16(17)19)13-9-6-5-7-10-13/h3,5-7,9-10,12,14H,1,4,8,11H2,2H3/t12-,14+/m0/s1. The average Bonchev–Trinajstić information content (AvgIpc) is 2.86.